The number of aromatic nitrogens is 4. The van der Waals surface area contributed by atoms with Crippen LogP contribution in [0.15, 0.2) is 53.0 Å². The maximum absolute atomic E-state index is 12.7. The number of nitrogens with one attached hydrogen (secondary N) is 1. The van der Waals surface area contributed by atoms with E-state index in [2.05, 4.69) is 20.6 Å². The molecule has 2 aromatic carbocycles. The molecule has 13 nitrogen and oxygen atoms in total. The second-order valence-corrected chi connectivity index (χ2v) is 12.5. The molecule has 0 aliphatic carbocycles. The lowest BCUT2D eigenvalue weighted by molar-refractivity contribution is -0.144. The van der Waals surface area contributed by atoms with Crippen LogP contribution < -0.4 is 19.9 Å². The number of methoxy groups -OCH3 is 1. The standard InChI is InChI=1S/C25H27FN6O7S3/c1-37-24(34)21(15-40-14-16-3-2-4-18(9-16)38-8-7-26)28-23(33)12-32-11-17(30-31-32)13-39-19-5-6-22-20(10-19)29-25(41-22)42(27,35)36/h2-6,9-11,21H,7-8,12-15H2,1H3,(H,28,33)(H2,27,35,36)/t21-/m0/s1. The van der Waals surface area contributed by atoms with Gasteiger partial charge in [-0.1, -0.05) is 17.3 Å². The van der Waals surface area contributed by atoms with Gasteiger partial charge in [-0.25, -0.2) is 32.4 Å². The van der Waals surface area contributed by atoms with Crippen molar-refractivity contribution in [2.24, 2.45) is 5.14 Å². The lowest BCUT2D eigenvalue weighted by Gasteiger charge is -2.16. The lowest BCUT2D eigenvalue weighted by atomic mass is 10.2. The highest BCUT2D eigenvalue weighted by atomic mass is 32.2. The monoisotopic (exact) mass is 638 g/mol. The van der Waals surface area contributed by atoms with E-state index in [0.29, 0.717) is 33.2 Å². The van der Waals surface area contributed by atoms with E-state index in [0.717, 1.165) is 16.9 Å². The summed E-state index contributed by atoms with van der Waals surface area (Å²) in [6.45, 7) is -0.772. The first-order chi connectivity index (χ1) is 20.1. The number of carbonyl (C=O) groups is 2. The number of carbonyl (C=O) groups excluding carboxylic acids is 2. The number of benzene rings is 2. The number of rotatable bonds is 15. The average molecular weight is 639 g/mol. The summed E-state index contributed by atoms with van der Waals surface area (Å²) in [4.78, 5) is 29.0. The van der Waals surface area contributed by atoms with Crippen LogP contribution in [0.2, 0.25) is 0 Å². The van der Waals surface area contributed by atoms with Gasteiger partial charge in [0.05, 0.1) is 23.5 Å². The fourth-order valence-corrected chi connectivity index (χ4v) is 6.24. The number of thiazole rings is 1. The van der Waals surface area contributed by atoms with E-state index < -0.39 is 34.6 Å². The molecule has 0 unspecified atom stereocenters. The molecule has 0 aliphatic rings. The third-order valence-electron chi connectivity index (χ3n) is 5.48. The number of hydrogen-bond donors (Lipinski definition) is 2. The van der Waals surface area contributed by atoms with Gasteiger partial charge in [-0.3, -0.25) is 4.79 Å². The predicted molar refractivity (Wildman–Crippen MR) is 153 cm³/mol. The quantitative estimate of drug-likeness (QED) is 0.182. The number of hydrogen-bond acceptors (Lipinski definition) is 12. The molecule has 4 aromatic rings. The molecule has 0 radical (unpaired) electrons. The van der Waals surface area contributed by atoms with Gasteiger partial charge >= 0.3 is 5.97 Å². The first kappa shape index (κ1) is 31.1. The highest BCUT2D eigenvalue weighted by Crippen LogP contribution is 2.28. The first-order valence-electron chi connectivity index (χ1n) is 12.3. The third-order valence-corrected chi connectivity index (χ3v) is 8.94. The molecule has 0 spiro atoms. The molecular formula is C25H27FN6O7S3. The topological polar surface area (TPSA) is 178 Å². The summed E-state index contributed by atoms with van der Waals surface area (Å²) < 4.78 is 53.0. The molecule has 0 bridgehead atoms. The lowest BCUT2D eigenvalue weighted by Crippen LogP contribution is -2.44. The summed E-state index contributed by atoms with van der Waals surface area (Å²) in [6.07, 6.45) is 1.53. The van der Waals surface area contributed by atoms with Crippen LogP contribution in [-0.4, -0.2) is 72.5 Å². The Bertz CT molecular complexity index is 1650. The maximum Gasteiger partial charge on any atom is 0.329 e. The number of alkyl halides is 1. The van der Waals surface area contributed by atoms with Crippen molar-refractivity contribution in [2.75, 3.05) is 26.1 Å². The van der Waals surface area contributed by atoms with Crippen LogP contribution in [0.3, 0.4) is 0 Å². The molecule has 17 heteroatoms. The molecule has 1 amide bonds. The number of sulfonamides is 1. The Labute approximate surface area is 248 Å². The van der Waals surface area contributed by atoms with Crippen molar-refractivity contribution in [3.63, 3.8) is 0 Å². The Morgan fingerprint density at radius 3 is 2.76 bits per heavy atom. The van der Waals surface area contributed by atoms with E-state index in [9.17, 15) is 22.4 Å². The van der Waals surface area contributed by atoms with Gasteiger partial charge < -0.3 is 19.5 Å². The molecule has 0 aliphatic heterocycles. The Balaban J connectivity index is 1.27. The summed E-state index contributed by atoms with van der Waals surface area (Å²) in [5.41, 5.74) is 1.78. The molecule has 4 rings (SSSR count). The molecule has 0 saturated carbocycles. The van der Waals surface area contributed by atoms with Crippen LogP contribution in [0, 0.1) is 0 Å². The zero-order chi connectivity index (χ0) is 30.1. The number of nitrogens with two attached hydrogens (primary N) is 1. The molecule has 0 saturated heterocycles. The second-order valence-electron chi connectivity index (χ2n) is 8.69. The van der Waals surface area contributed by atoms with Crippen molar-refractivity contribution in [3.05, 3.63) is 59.9 Å². The summed E-state index contributed by atoms with van der Waals surface area (Å²) >= 11 is 2.38. The second kappa shape index (κ2) is 14.4. The largest absolute Gasteiger partial charge is 0.491 e. The van der Waals surface area contributed by atoms with Crippen molar-refractivity contribution < 1.29 is 36.6 Å². The van der Waals surface area contributed by atoms with Gasteiger partial charge in [0.2, 0.25) is 10.2 Å². The zero-order valence-electron chi connectivity index (χ0n) is 22.3. The van der Waals surface area contributed by atoms with Crippen LogP contribution in [-0.2, 0) is 43.3 Å². The van der Waals surface area contributed by atoms with E-state index in [1.165, 1.54) is 29.8 Å². The number of amides is 1. The number of primary sulfonamides is 1. The van der Waals surface area contributed by atoms with Crippen LogP contribution in [0.1, 0.15) is 11.3 Å². The number of esters is 1. The Hall–Kier alpha value is -3.80. The molecule has 0 fully saturated rings. The smallest absolute Gasteiger partial charge is 0.329 e. The van der Waals surface area contributed by atoms with Crippen molar-refractivity contribution in [2.45, 2.75) is 29.3 Å². The number of ether oxygens (including phenoxy) is 3. The van der Waals surface area contributed by atoms with E-state index in [1.807, 2.05) is 6.07 Å². The summed E-state index contributed by atoms with van der Waals surface area (Å²) in [7, 11) is -2.66. The Kier molecular flexibility index (Phi) is 10.7. The fraction of sp³-hybridized carbons (Fsp3) is 0.320. The highest BCUT2D eigenvalue weighted by Gasteiger charge is 2.22. The minimum absolute atomic E-state index is 0.0248. The van der Waals surface area contributed by atoms with Crippen LogP contribution >= 0.6 is 23.1 Å². The van der Waals surface area contributed by atoms with Crippen LogP contribution in [0.4, 0.5) is 4.39 Å². The average Bonchev–Trinajstić information content (AvgIpc) is 3.61. The van der Waals surface area contributed by atoms with Gasteiger partial charge in [-0.2, -0.15) is 11.8 Å². The van der Waals surface area contributed by atoms with Crippen molar-refractivity contribution in [1.29, 1.82) is 0 Å². The molecule has 224 valence electrons. The maximum atomic E-state index is 12.7. The summed E-state index contributed by atoms with van der Waals surface area (Å²) in [5.74, 6) is 0.720. The number of fused-ring (bicyclic) bond motifs is 1. The number of nitrogens with zero attached hydrogens (tertiary/aromatic N) is 4. The number of halogens is 1. The van der Waals surface area contributed by atoms with Gasteiger partial charge in [0, 0.05) is 17.6 Å². The highest BCUT2D eigenvalue weighted by molar-refractivity contribution is 7.98. The fourth-order valence-electron chi connectivity index (χ4n) is 3.61. The summed E-state index contributed by atoms with van der Waals surface area (Å²) in [6, 6.07) is 11.2. The minimum atomic E-state index is -3.90. The molecule has 3 N–H and O–H groups in total. The molecule has 1 atom stereocenters. The first-order valence-corrected chi connectivity index (χ1v) is 15.8. The SMILES string of the molecule is COC(=O)[C@H](CSCc1cccc(OCCF)c1)NC(=O)Cn1cc(COc2ccc3sc(S(N)(=O)=O)nc3c2)nn1. The Morgan fingerprint density at radius 2 is 2.00 bits per heavy atom. The number of thioether (sulfide) groups is 1. The van der Waals surface area contributed by atoms with Crippen molar-refractivity contribution in [1.82, 2.24) is 25.3 Å². The van der Waals surface area contributed by atoms with E-state index in [1.54, 1.807) is 36.4 Å². The van der Waals surface area contributed by atoms with Gasteiger partial charge in [0.15, 0.2) is 0 Å². The van der Waals surface area contributed by atoms with Gasteiger partial charge in [-0.15, -0.1) is 16.4 Å². The predicted octanol–water partition coefficient (Wildman–Crippen LogP) is 2.05. The Morgan fingerprint density at radius 1 is 1.19 bits per heavy atom. The van der Waals surface area contributed by atoms with E-state index >= 15 is 0 Å². The van der Waals surface area contributed by atoms with Crippen molar-refractivity contribution in [3.8, 4) is 11.5 Å². The summed E-state index contributed by atoms with van der Waals surface area (Å²) in [5, 5.41) is 15.7. The zero-order valence-corrected chi connectivity index (χ0v) is 24.7. The van der Waals surface area contributed by atoms with Crippen LogP contribution in [0.5, 0.6) is 11.5 Å². The molecule has 2 heterocycles. The van der Waals surface area contributed by atoms with Crippen molar-refractivity contribution >= 4 is 55.2 Å². The normalized spacial score (nSPS) is 12.2. The van der Waals surface area contributed by atoms with Gasteiger partial charge in [-0.05, 0) is 29.8 Å². The van der Waals surface area contributed by atoms with Crippen LogP contribution in [0.25, 0.3) is 10.2 Å². The van der Waals surface area contributed by atoms with Gasteiger partial charge in [0.1, 0.15) is 49.7 Å². The minimum Gasteiger partial charge on any atom is -0.491 e. The molecular weight excluding hydrogens is 612 g/mol. The molecule has 2 aromatic heterocycles. The van der Waals surface area contributed by atoms with Gasteiger partial charge in [0.25, 0.3) is 10.0 Å². The third kappa shape index (κ3) is 8.85. The van der Waals surface area contributed by atoms with E-state index in [4.69, 9.17) is 19.3 Å². The van der Waals surface area contributed by atoms with E-state index in [-0.39, 0.29) is 29.9 Å². The molecule has 42 heavy (non-hydrogen) atoms.